The summed E-state index contributed by atoms with van der Waals surface area (Å²) in [5, 5.41) is 2.87. The van der Waals surface area contributed by atoms with Gasteiger partial charge in [0.25, 0.3) is 5.91 Å². The van der Waals surface area contributed by atoms with Crippen LogP contribution >= 0.6 is 0 Å². The second-order valence-corrected chi connectivity index (χ2v) is 9.29. The molecule has 3 aliphatic rings. The van der Waals surface area contributed by atoms with E-state index in [1.165, 1.54) is 12.1 Å². The van der Waals surface area contributed by atoms with Crippen LogP contribution in [0.15, 0.2) is 36.4 Å². The molecule has 184 valence electrons. The number of halogens is 1. The van der Waals surface area contributed by atoms with Crippen LogP contribution in [0.3, 0.4) is 0 Å². The molecule has 3 amide bonds. The van der Waals surface area contributed by atoms with Crippen LogP contribution in [-0.4, -0.2) is 48.2 Å². The van der Waals surface area contributed by atoms with Crippen molar-refractivity contribution in [2.75, 3.05) is 24.8 Å². The molecule has 8 nitrogen and oxygen atoms in total. The molecular formula is C26H28FN3O5. The third-order valence-electron chi connectivity index (χ3n) is 7.00. The molecule has 0 aliphatic carbocycles. The van der Waals surface area contributed by atoms with Gasteiger partial charge in [0.05, 0.1) is 17.9 Å². The van der Waals surface area contributed by atoms with Crippen molar-refractivity contribution in [2.45, 2.75) is 51.3 Å². The molecule has 5 rings (SSSR count). The van der Waals surface area contributed by atoms with Gasteiger partial charge < -0.3 is 19.7 Å². The number of nitrogens with zero attached hydrogens (tertiary/aromatic N) is 2. The Labute approximate surface area is 203 Å². The highest BCUT2D eigenvalue weighted by Crippen LogP contribution is 2.44. The topological polar surface area (TPSA) is 88.2 Å². The number of rotatable bonds is 7. The summed E-state index contributed by atoms with van der Waals surface area (Å²) in [5.74, 6) is 0.00746. The number of amides is 3. The highest BCUT2D eigenvalue weighted by Gasteiger charge is 2.52. The van der Waals surface area contributed by atoms with Crippen LogP contribution in [0, 0.1) is 5.82 Å². The molecule has 3 heterocycles. The number of fused-ring (bicyclic) bond motifs is 4. The fourth-order valence-electron chi connectivity index (χ4n) is 5.31. The van der Waals surface area contributed by atoms with Gasteiger partial charge in [-0.3, -0.25) is 19.3 Å². The average molecular weight is 482 g/mol. The van der Waals surface area contributed by atoms with E-state index in [4.69, 9.17) is 9.47 Å². The summed E-state index contributed by atoms with van der Waals surface area (Å²) in [6.07, 6.45) is 2.08. The monoisotopic (exact) mass is 481 g/mol. The quantitative estimate of drug-likeness (QED) is 0.657. The number of benzene rings is 2. The van der Waals surface area contributed by atoms with Crippen molar-refractivity contribution in [3.8, 4) is 5.75 Å². The molecule has 1 N–H and O–H groups in total. The minimum Gasteiger partial charge on any atom is -0.467 e. The molecule has 1 atom stereocenters. The third-order valence-corrected chi connectivity index (χ3v) is 7.00. The van der Waals surface area contributed by atoms with Crippen molar-refractivity contribution < 1.29 is 28.2 Å². The van der Waals surface area contributed by atoms with Crippen LogP contribution in [0.5, 0.6) is 5.75 Å². The molecule has 2 aromatic carbocycles. The fourth-order valence-corrected chi connectivity index (χ4v) is 5.31. The van der Waals surface area contributed by atoms with E-state index in [0.29, 0.717) is 73.5 Å². The van der Waals surface area contributed by atoms with Gasteiger partial charge in [0.1, 0.15) is 17.2 Å². The summed E-state index contributed by atoms with van der Waals surface area (Å²) in [6, 6.07) is 10.00. The van der Waals surface area contributed by atoms with Crippen molar-refractivity contribution in [3.05, 3.63) is 58.9 Å². The van der Waals surface area contributed by atoms with Gasteiger partial charge in [-0.1, -0.05) is 12.1 Å². The Bertz CT molecular complexity index is 1190. The lowest BCUT2D eigenvalue weighted by atomic mass is 9.98. The minimum atomic E-state index is -0.723. The molecule has 1 fully saturated rings. The van der Waals surface area contributed by atoms with Gasteiger partial charge in [0.2, 0.25) is 11.8 Å². The Balaban J connectivity index is 1.17. The molecule has 9 heteroatoms. The molecule has 0 aromatic heterocycles. The van der Waals surface area contributed by atoms with Crippen molar-refractivity contribution in [1.29, 1.82) is 0 Å². The lowest BCUT2D eigenvalue weighted by Crippen LogP contribution is -2.62. The summed E-state index contributed by atoms with van der Waals surface area (Å²) < 4.78 is 24.6. The third kappa shape index (κ3) is 4.25. The first kappa shape index (κ1) is 23.3. The van der Waals surface area contributed by atoms with Gasteiger partial charge in [-0.2, -0.15) is 0 Å². The predicted octanol–water partition coefficient (Wildman–Crippen LogP) is 3.13. The average Bonchev–Trinajstić information content (AvgIpc) is 3.16. The van der Waals surface area contributed by atoms with Gasteiger partial charge in [0, 0.05) is 31.5 Å². The van der Waals surface area contributed by atoms with Crippen LogP contribution in [0.2, 0.25) is 0 Å². The largest absolute Gasteiger partial charge is 0.467 e. The Morgan fingerprint density at radius 3 is 2.91 bits per heavy atom. The minimum absolute atomic E-state index is 0.00488. The highest BCUT2D eigenvalue weighted by molar-refractivity contribution is 6.10. The van der Waals surface area contributed by atoms with E-state index in [1.807, 2.05) is 19.1 Å². The van der Waals surface area contributed by atoms with Gasteiger partial charge in [0.15, 0.2) is 6.79 Å². The number of para-hydroxylation sites is 1. The van der Waals surface area contributed by atoms with E-state index in [9.17, 15) is 18.8 Å². The van der Waals surface area contributed by atoms with Gasteiger partial charge in [-0.05, 0) is 56.0 Å². The molecule has 0 radical (unpaired) electrons. The van der Waals surface area contributed by atoms with Gasteiger partial charge >= 0.3 is 0 Å². The molecule has 0 bridgehead atoms. The zero-order valence-electron chi connectivity index (χ0n) is 19.6. The number of carbonyl (C=O) groups excluding carboxylic acids is 3. The molecule has 1 unspecified atom stereocenters. The van der Waals surface area contributed by atoms with Crippen LogP contribution in [0.4, 0.5) is 10.1 Å². The van der Waals surface area contributed by atoms with Crippen molar-refractivity contribution in [3.63, 3.8) is 0 Å². The van der Waals surface area contributed by atoms with Crippen molar-refractivity contribution >= 4 is 23.4 Å². The van der Waals surface area contributed by atoms with Crippen LogP contribution in [-0.2, 0) is 27.4 Å². The maximum Gasteiger partial charge on any atom is 0.257 e. The normalized spacial score (nSPS) is 20.7. The smallest absolute Gasteiger partial charge is 0.257 e. The van der Waals surface area contributed by atoms with Gasteiger partial charge in [-0.25, -0.2) is 4.39 Å². The molecule has 0 spiro atoms. The van der Waals surface area contributed by atoms with Gasteiger partial charge in [-0.15, -0.1) is 0 Å². The van der Waals surface area contributed by atoms with E-state index in [1.54, 1.807) is 21.9 Å². The van der Waals surface area contributed by atoms with Crippen molar-refractivity contribution in [1.82, 2.24) is 10.2 Å². The second kappa shape index (κ2) is 9.30. The molecule has 1 saturated heterocycles. The summed E-state index contributed by atoms with van der Waals surface area (Å²) in [7, 11) is 0. The second-order valence-electron chi connectivity index (χ2n) is 9.29. The number of nitrogens with one attached hydrogen (secondary N) is 1. The lowest BCUT2D eigenvalue weighted by Gasteiger charge is -2.48. The first-order chi connectivity index (χ1) is 16.9. The van der Waals surface area contributed by atoms with Crippen LogP contribution in [0.25, 0.3) is 0 Å². The highest BCUT2D eigenvalue weighted by atomic mass is 19.1. The van der Waals surface area contributed by atoms with Crippen LogP contribution < -0.4 is 15.0 Å². The number of hydrogen-bond donors (Lipinski definition) is 1. The molecule has 35 heavy (non-hydrogen) atoms. The lowest BCUT2D eigenvalue weighted by molar-refractivity contribution is -0.121. The Morgan fingerprint density at radius 1 is 1.23 bits per heavy atom. The standard InChI is InChI=1S/C26H28FN3O5/c1-26-10-8-23(32)30(26)21-6-3-2-5-20(21)25(33)29(26)12-4-7-22(31)28-11-9-17-13-19(27)14-18-15-34-16-35-24(17)18/h2-3,5-6,13-14H,4,7-12,15-16H2,1H3,(H,28,31). The molecule has 3 aliphatic heterocycles. The summed E-state index contributed by atoms with van der Waals surface area (Å²) in [5.41, 5.74) is 1.81. The van der Waals surface area contributed by atoms with E-state index < -0.39 is 5.66 Å². The Hall–Kier alpha value is -3.46. The molecular weight excluding hydrogens is 453 g/mol. The zero-order valence-corrected chi connectivity index (χ0v) is 19.6. The number of anilines is 1. The maximum atomic E-state index is 13.9. The SMILES string of the molecule is CC12CCC(=O)N1c1ccccc1C(=O)N2CCCC(=O)NCCc1cc(F)cc2c1OCOC2. The van der Waals surface area contributed by atoms with Crippen molar-refractivity contribution in [2.24, 2.45) is 0 Å². The summed E-state index contributed by atoms with van der Waals surface area (Å²) in [6.45, 7) is 3.05. The van der Waals surface area contributed by atoms with E-state index in [2.05, 4.69) is 5.32 Å². The number of hydrogen-bond acceptors (Lipinski definition) is 5. The summed E-state index contributed by atoms with van der Waals surface area (Å²) in [4.78, 5) is 41.8. The van der Waals surface area contributed by atoms with E-state index in [-0.39, 0.29) is 36.8 Å². The number of carbonyl (C=O) groups is 3. The maximum absolute atomic E-state index is 13.9. The molecule has 2 aromatic rings. The fraction of sp³-hybridized carbons (Fsp3) is 0.423. The van der Waals surface area contributed by atoms with Crippen LogP contribution in [0.1, 0.15) is 54.1 Å². The zero-order chi connectivity index (χ0) is 24.6. The first-order valence-corrected chi connectivity index (χ1v) is 11.9. The molecule has 0 saturated carbocycles. The Morgan fingerprint density at radius 2 is 2.06 bits per heavy atom. The number of ether oxygens (including phenoxy) is 2. The first-order valence-electron chi connectivity index (χ1n) is 11.9. The van der Waals surface area contributed by atoms with E-state index in [0.717, 1.165) is 0 Å². The van der Waals surface area contributed by atoms with E-state index >= 15 is 0 Å². The summed E-state index contributed by atoms with van der Waals surface area (Å²) >= 11 is 0. The Kier molecular flexibility index (Phi) is 6.19. The predicted molar refractivity (Wildman–Crippen MR) is 125 cm³/mol.